The molecule has 1 aliphatic heterocycles. The van der Waals surface area contributed by atoms with Gasteiger partial charge in [-0.1, -0.05) is 0 Å². The molecule has 1 atom stereocenters. The number of imide groups is 1. The smallest absolute Gasteiger partial charge is 0.296 e. The molecule has 1 fully saturated rings. The van der Waals surface area contributed by atoms with Gasteiger partial charge in [0.25, 0.3) is 6.01 Å². The molecule has 1 aliphatic rings. The summed E-state index contributed by atoms with van der Waals surface area (Å²) in [5.41, 5.74) is 7.45. The summed E-state index contributed by atoms with van der Waals surface area (Å²) in [6, 6.07) is 4.85. The molecule has 19 heavy (non-hydrogen) atoms. The van der Waals surface area contributed by atoms with Crippen LogP contribution >= 0.6 is 0 Å². The quantitative estimate of drug-likeness (QED) is 0.539. The summed E-state index contributed by atoms with van der Waals surface area (Å²) in [6.45, 7) is 0. The maximum atomic E-state index is 11.6. The molecule has 98 valence electrons. The Hall–Kier alpha value is -2.57. The molecule has 2 aromatic rings. The molecule has 2 heterocycles. The lowest BCUT2D eigenvalue weighted by molar-refractivity contribution is -0.133. The molecule has 4 N–H and O–H groups in total. The van der Waals surface area contributed by atoms with Crippen molar-refractivity contribution in [2.24, 2.45) is 0 Å². The van der Waals surface area contributed by atoms with Crippen LogP contribution in [0.1, 0.15) is 12.8 Å². The summed E-state index contributed by atoms with van der Waals surface area (Å²) in [5.74, 6) is -0.619. The van der Waals surface area contributed by atoms with Crippen LogP contribution in [-0.4, -0.2) is 22.8 Å². The van der Waals surface area contributed by atoms with E-state index in [2.05, 4.69) is 15.6 Å². The van der Waals surface area contributed by atoms with Gasteiger partial charge in [-0.15, -0.1) is 0 Å². The Morgan fingerprint density at radius 3 is 3.05 bits per heavy atom. The van der Waals surface area contributed by atoms with E-state index < -0.39 is 6.04 Å². The van der Waals surface area contributed by atoms with Crippen molar-refractivity contribution in [3.05, 3.63) is 18.2 Å². The molecule has 1 saturated heterocycles. The average Bonchev–Trinajstić information content (AvgIpc) is 2.74. The van der Waals surface area contributed by atoms with Crippen molar-refractivity contribution in [1.82, 2.24) is 10.3 Å². The molecule has 0 spiro atoms. The maximum Gasteiger partial charge on any atom is 0.296 e. The number of nitrogens with two attached hydrogens (primary N) is 1. The molecular formula is C12H12N4O3. The van der Waals surface area contributed by atoms with Crippen molar-refractivity contribution < 1.29 is 14.0 Å². The van der Waals surface area contributed by atoms with Crippen LogP contribution in [0.15, 0.2) is 22.6 Å². The summed E-state index contributed by atoms with van der Waals surface area (Å²) < 4.78 is 5.46. The zero-order valence-electron chi connectivity index (χ0n) is 9.97. The van der Waals surface area contributed by atoms with Gasteiger partial charge in [-0.3, -0.25) is 14.9 Å². The van der Waals surface area contributed by atoms with Gasteiger partial charge in [0.05, 0.1) is 0 Å². The van der Waals surface area contributed by atoms with Gasteiger partial charge in [0.2, 0.25) is 11.8 Å². The van der Waals surface area contributed by atoms with Crippen molar-refractivity contribution in [3.63, 3.8) is 0 Å². The van der Waals surface area contributed by atoms with E-state index in [1.807, 2.05) is 0 Å². The van der Waals surface area contributed by atoms with Gasteiger partial charge in [0, 0.05) is 12.1 Å². The fourth-order valence-electron chi connectivity index (χ4n) is 1.99. The number of amides is 2. The van der Waals surface area contributed by atoms with Gasteiger partial charge in [0.1, 0.15) is 11.6 Å². The van der Waals surface area contributed by atoms with Crippen molar-refractivity contribution in [1.29, 1.82) is 0 Å². The van der Waals surface area contributed by atoms with Gasteiger partial charge in [-0.2, -0.15) is 4.98 Å². The fraction of sp³-hybridized carbons (Fsp3) is 0.250. The minimum atomic E-state index is -0.511. The highest BCUT2D eigenvalue weighted by Crippen LogP contribution is 2.22. The molecule has 0 saturated carbocycles. The molecule has 7 nitrogen and oxygen atoms in total. The molecule has 1 aromatic carbocycles. The van der Waals surface area contributed by atoms with Crippen LogP contribution in [0.5, 0.6) is 0 Å². The summed E-state index contributed by atoms with van der Waals surface area (Å²) >= 11 is 0. The number of anilines is 2. The van der Waals surface area contributed by atoms with Gasteiger partial charge in [-0.05, 0) is 24.6 Å². The van der Waals surface area contributed by atoms with Crippen LogP contribution < -0.4 is 16.4 Å². The molecule has 0 bridgehead atoms. The Kier molecular flexibility index (Phi) is 2.59. The molecule has 2 amide bonds. The third kappa shape index (κ3) is 2.22. The van der Waals surface area contributed by atoms with Gasteiger partial charge < -0.3 is 15.5 Å². The number of nitrogens with zero attached hydrogens (tertiary/aromatic N) is 1. The maximum absolute atomic E-state index is 11.6. The highest BCUT2D eigenvalue weighted by Gasteiger charge is 2.27. The monoisotopic (exact) mass is 260 g/mol. The number of rotatable bonds is 2. The SMILES string of the molecule is Nc1ccc2oc(NC3CCC(=O)NC3=O)nc2c1. The van der Waals surface area contributed by atoms with E-state index in [4.69, 9.17) is 10.2 Å². The fourth-order valence-corrected chi connectivity index (χ4v) is 1.99. The van der Waals surface area contributed by atoms with Gasteiger partial charge in [0.15, 0.2) is 5.58 Å². The van der Waals surface area contributed by atoms with E-state index in [0.717, 1.165) is 0 Å². The Balaban J connectivity index is 1.81. The molecule has 1 unspecified atom stereocenters. The number of fused-ring (bicyclic) bond motifs is 1. The first-order valence-corrected chi connectivity index (χ1v) is 5.88. The van der Waals surface area contributed by atoms with E-state index >= 15 is 0 Å². The zero-order valence-corrected chi connectivity index (χ0v) is 9.97. The third-order valence-corrected chi connectivity index (χ3v) is 2.95. The van der Waals surface area contributed by atoms with Crippen molar-refractivity contribution in [2.75, 3.05) is 11.1 Å². The summed E-state index contributed by atoms with van der Waals surface area (Å²) in [4.78, 5) is 26.8. The van der Waals surface area contributed by atoms with Gasteiger partial charge >= 0.3 is 0 Å². The Morgan fingerprint density at radius 1 is 1.42 bits per heavy atom. The van der Waals surface area contributed by atoms with Crippen LogP contribution in [0, 0.1) is 0 Å². The summed E-state index contributed by atoms with van der Waals surface area (Å²) in [6.07, 6.45) is 0.724. The first-order chi connectivity index (χ1) is 9.11. The highest BCUT2D eigenvalue weighted by molar-refractivity contribution is 6.01. The predicted molar refractivity (Wildman–Crippen MR) is 68.2 cm³/mol. The highest BCUT2D eigenvalue weighted by atomic mass is 16.4. The van der Waals surface area contributed by atoms with Crippen LogP contribution in [0.3, 0.4) is 0 Å². The van der Waals surface area contributed by atoms with Crippen molar-refractivity contribution in [2.45, 2.75) is 18.9 Å². The molecular weight excluding hydrogens is 248 g/mol. The predicted octanol–water partition coefficient (Wildman–Crippen LogP) is 0.627. The molecule has 1 aromatic heterocycles. The first-order valence-electron chi connectivity index (χ1n) is 5.88. The number of hydrogen-bond donors (Lipinski definition) is 3. The summed E-state index contributed by atoms with van der Waals surface area (Å²) in [7, 11) is 0. The number of oxazole rings is 1. The van der Waals surface area contributed by atoms with E-state index in [9.17, 15) is 9.59 Å². The van der Waals surface area contributed by atoms with Crippen LogP contribution in [0.4, 0.5) is 11.7 Å². The third-order valence-electron chi connectivity index (χ3n) is 2.95. The average molecular weight is 260 g/mol. The minimum absolute atomic E-state index is 0.245. The first kappa shape index (κ1) is 11.5. The molecule has 3 rings (SSSR count). The lowest BCUT2D eigenvalue weighted by Crippen LogP contribution is -2.47. The standard InChI is InChI=1S/C12H12N4O3/c13-6-1-3-9-8(5-6)15-12(19-9)14-7-2-4-10(17)16-11(7)18/h1,3,5,7H,2,4,13H2,(H,14,15)(H,16,17,18). The topological polar surface area (TPSA) is 110 Å². The van der Waals surface area contributed by atoms with Crippen molar-refractivity contribution in [3.8, 4) is 0 Å². The van der Waals surface area contributed by atoms with E-state index in [1.54, 1.807) is 18.2 Å². The normalized spacial score (nSPS) is 19.5. The van der Waals surface area contributed by atoms with E-state index in [1.165, 1.54) is 0 Å². The lowest BCUT2D eigenvalue weighted by Gasteiger charge is -2.20. The largest absolute Gasteiger partial charge is 0.424 e. The molecule has 0 radical (unpaired) electrons. The number of hydrogen-bond acceptors (Lipinski definition) is 6. The Labute approximate surface area is 108 Å². The number of nitrogen functional groups attached to an aromatic ring is 1. The van der Waals surface area contributed by atoms with Crippen LogP contribution in [0.25, 0.3) is 11.1 Å². The zero-order chi connectivity index (χ0) is 13.4. The van der Waals surface area contributed by atoms with E-state index in [-0.39, 0.29) is 17.8 Å². The van der Waals surface area contributed by atoms with Gasteiger partial charge in [-0.25, -0.2) is 0 Å². The number of nitrogens with one attached hydrogen (secondary N) is 2. The number of aromatic nitrogens is 1. The lowest BCUT2D eigenvalue weighted by atomic mass is 10.1. The van der Waals surface area contributed by atoms with Crippen LogP contribution in [-0.2, 0) is 9.59 Å². The summed E-state index contributed by atoms with van der Waals surface area (Å²) in [5, 5.41) is 5.14. The van der Waals surface area contributed by atoms with Crippen LogP contribution in [0.2, 0.25) is 0 Å². The van der Waals surface area contributed by atoms with E-state index in [0.29, 0.717) is 29.6 Å². The number of piperidine rings is 1. The number of benzene rings is 1. The minimum Gasteiger partial charge on any atom is -0.424 e. The molecule has 0 aliphatic carbocycles. The second-order valence-corrected chi connectivity index (χ2v) is 4.39. The Bertz CT molecular complexity index is 664. The Morgan fingerprint density at radius 2 is 2.26 bits per heavy atom. The number of carbonyl (C=O) groups is 2. The number of carbonyl (C=O) groups excluding carboxylic acids is 2. The second-order valence-electron chi connectivity index (χ2n) is 4.39. The molecule has 7 heteroatoms. The van der Waals surface area contributed by atoms with Crippen molar-refractivity contribution >= 4 is 34.6 Å². The second kappa shape index (κ2) is 4.27.